The molecule has 0 radical (unpaired) electrons. The summed E-state index contributed by atoms with van der Waals surface area (Å²) in [5, 5.41) is 10.1. The SMILES string of the molecule is c1ccc(-c2cc(-c3ccc4c5cc(-c6ccc7sc8ccccc8c7c6)ccc5c5ccccc5c4c3)nc(-c3ccccc3)n2)cc1. The van der Waals surface area contributed by atoms with Crippen molar-refractivity contribution >= 4 is 63.8 Å². The summed E-state index contributed by atoms with van der Waals surface area (Å²) < 4.78 is 2.65. The smallest absolute Gasteiger partial charge is 0.160 e. The number of rotatable bonds is 4. The maximum Gasteiger partial charge on any atom is 0.160 e. The Balaban J connectivity index is 1.18. The molecule has 0 bridgehead atoms. The van der Waals surface area contributed by atoms with Gasteiger partial charge in [-0.25, -0.2) is 9.97 Å². The van der Waals surface area contributed by atoms with Crippen LogP contribution in [0, 0.1) is 0 Å². The maximum absolute atomic E-state index is 5.13. The van der Waals surface area contributed by atoms with Crippen LogP contribution in [-0.4, -0.2) is 9.97 Å². The van der Waals surface area contributed by atoms with Crippen LogP contribution < -0.4 is 0 Å². The van der Waals surface area contributed by atoms with Gasteiger partial charge in [-0.1, -0.05) is 133 Å². The summed E-state index contributed by atoms with van der Waals surface area (Å²) in [6, 6.07) is 60.9. The number of hydrogen-bond donors (Lipinski definition) is 0. The van der Waals surface area contributed by atoms with Crippen LogP contribution in [0.4, 0.5) is 0 Å². The minimum Gasteiger partial charge on any atom is -0.228 e. The molecule has 3 heteroatoms. The van der Waals surface area contributed by atoms with Crippen LogP contribution in [0.1, 0.15) is 0 Å². The molecule has 0 saturated carbocycles. The van der Waals surface area contributed by atoms with Gasteiger partial charge in [-0.3, -0.25) is 0 Å². The lowest BCUT2D eigenvalue weighted by atomic mass is 9.90. The Hall–Kier alpha value is -6.16. The number of fused-ring (bicyclic) bond motifs is 9. The van der Waals surface area contributed by atoms with Crippen molar-refractivity contribution in [1.29, 1.82) is 0 Å². The van der Waals surface area contributed by atoms with E-state index in [1.54, 1.807) is 0 Å². The van der Waals surface area contributed by atoms with E-state index in [4.69, 9.17) is 9.97 Å². The summed E-state index contributed by atoms with van der Waals surface area (Å²) in [5.41, 5.74) is 7.41. The molecule has 8 aromatic carbocycles. The second-order valence-corrected chi connectivity index (χ2v) is 13.7. The Bertz CT molecular complexity index is 2810. The van der Waals surface area contributed by atoms with Crippen molar-refractivity contribution in [1.82, 2.24) is 9.97 Å². The monoisotopic (exact) mass is 640 g/mol. The van der Waals surface area contributed by atoms with Gasteiger partial charge in [0.25, 0.3) is 0 Å². The minimum absolute atomic E-state index is 0.723. The molecule has 10 aromatic rings. The largest absolute Gasteiger partial charge is 0.228 e. The Morgan fingerprint density at radius 2 is 0.755 bits per heavy atom. The van der Waals surface area contributed by atoms with Crippen LogP contribution in [0.25, 0.3) is 97.5 Å². The quantitative estimate of drug-likeness (QED) is 0.179. The molecule has 2 heterocycles. The summed E-state index contributed by atoms with van der Waals surface area (Å²) in [6.07, 6.45) is 0. The number of benzene rings is 8. The van der Waals surface area contributed by atoms with E-state index in [2.05, 4.69) is 146 Å². The Kier molecular flexibility index (Phi) is 6.39. The van der Waals surface area contributed by atoms with E-state index < -0.39 is 0 Å². The summed E-state index contributed by atoms with van der Waals surface area (Å²) >= 11 is 1.86. The zero-order valence-corrected chi connectivity index (χ0v) is 27.3. The first kappa shape index (κ1) is 27.9. The molecule has 2 nitrogen and oxygen atoms in total. The van der Waals surface area contributed by atoms with Crippen LogP contribution in [0.3, 0.4) is 0 Å². The number of aromatic nitrogens is 2. The highest BCUT2D eigenvalue weighted by Gasteiger charge is 2.15. The zero-order chi connectivity index (χ0) is 32.3. The zero-order valence-electron chi connectivity index (χ0n) is 26.5. The highest BCUT2D eigenvalue weighted by atomic mass is 32.1. The first-order valence-corrected chi connectivity index (χ1v) is 17.4. The number of nitrogens with zero attached hydrogens (tertiary/aromatic N) is 2. The summed E-state index contributed by atoms with van der Waals surface area (Å²) in [7, 11) is 0. The van der Waals surface area contributed by atoms with Crippen molar-refractivity contribution < 1.29 is 0 Å². The molecule has 228 valence electrons. The molecule has 0 aliphatic carbocycles. The first-order chi connectivity index (χ1) is 24.3. The molecular formula is C46H28N2S. The lowest BCUT2D eigenvalue weighted by Crippen LogP contribution is -1.96. The Labute approximate surface area is 287 Å². The molecule has 0 amide bonds. The van der Waals surface area contributed by atoms with Gasteiger partial charge in [0.15, 0.2) is 5.82 Å². The van der Waals surface area contributed by atoms with Crippen LogP contribution in [0.2, 0.25) is 0 Å². The summed E-state index contributed by atoms with van der Waals surface area (Å²) in [4.78, 5) is 10.1. The molecule has 0 unspecified atom stereocenters. The second-order valence-electron chi connectivity index (χ2n) is 12.6. The van der Waals surface area contributed by atoms with Crippen molar-refractivity contribution in [2.24, 2.45) is 0 Å². The second kappa shape index (κ2) is 11.2. The van der Waals surface area contributed by atoms with E-state index in [0.717, 1.165) is 33.9 Å². The Morgan fingerprint density at radius 1 is 0.286 bits per heavy atom. The van der Waals surface area contributed by atoms with Crippen molar-refractivity contribution in [3.8, 4) is 45.0 Å². The van der Waals surface area contributed by atoms with E-state index in [0.29, 0.717) is 0 Å². The molecule has 0 fully saturated rings. The van der Waals surface area contributed by atoms with Crippen molar-refractivity contribution in [3.05, 3.63) is 170 Å². The van der Waals surface area contributed by atoms with Crippen molar-refractivity contribution in [2.45, 2.75) is 0 Å². The van der Waals surface area contributed by atoms with Gasteiger partial charge < -0.3 is 0 Å². The molecule has 0 atom stereocenters. The third-order valence-electron chi connectivity index (χ3n) is 9.67. The van der Waals surface area contributed by atoms with E-state index in [1.165, 1.54) is 63.6 Å². The van der Waals surface area contributed by atoms with Gasteiger partial charge in [-0.2, -0.15) is 0 Å². The molecule has 0 saturated heterocycles. The van der Waals surface area contributed by atoms with Crippen LogP contribution in [0.5, 0.6) is 0 Å². The predicted molar refractivity (Wildman–Crippen MR) is 209 cm³/mol. The predicted octanol–water partition coefficient (Wildman–Crippen LogP) is 13.0. The van der Waals surface area contributed by atoms with Crippen LogP contribution in [-0.2, 0) is 0 Å². The average Bonchev–Trinajstić information content (AvgIpc) is 3.56. The molecule has 0 aliphatic heterocycles. The third-order valence-corrected chi connectivity index (χ3v) is 10.8. The number of thiophene rings is 1. The lowest BCUT2D eigenvalue weighted by Gasteiger charge is -2.14. The van der Waals surface area contributed by atoms with E-state index >= 15 is 0 Å². The topological polar surface area (TPSA) is 25.8 Å². The van der Waals surface area contributed by atoms with E-state index in [1.807, 2.05) is 35.6 Å². The van der Waals surface area contributed by atoms with Gasteiger partial charge in [0, 0.05) is 36.9 Å². The van der Waals surface area contributed by atoms with Gasteiger partial charge >= 0.3 is 0 Å². The third kappa shape index (κ3) is 4.70. The van der Waals surface area contributed by atoms with Gasteiger partial charge in [-0.15, -0.1) is 11.3 Å². The number of hydrogen-bond acceptors (Lipinski definition) is 3. The molecular weight excluding hydrogens is 613 g/mol. The molecule has 0 N–H and O–H groups in total. The van der Waals surface area contributed by atoms with Crippen molar-refractivity contribution in [3.63, 3.8) is 0 Å². The highest BCUT2D eigenvalue weighted by Crippen LogP contribution is 2.41. The van der Waals surface area contributed by atoms with Gasteiger partial charge in [0.2, 0.25) is 0 Å². The average molecular weight is 641 g/mol. The molecule has 49 heavy (non-hydrogen) atoms. The van der Waals surface area contributed by atoms with Gasteiger partial charge in [-0.05, 0) is 79.8 Å². The lowest BCUT2D eigenvalue weighted by molar-refractivity contribution is 1.18. The summed E-state index contributed by atoms with van der Waals surface area (Å²) in [6.45, 7) is 0. The fraction of sp³-hybridized carbons (Fsp3) is 0. The standard InChI is InChI=1S/C46H28N2S/c1-3-11-29(12-4-1)42-28-43(48-46(47-42)30-13-5-2-6-14-30)33-20-23-37-39-25-31(19-22-36(39)34-15-7-8-16-35(34)40(37)27-33)32-21-24-45-41(26-32)38-17-9-10-18-44(38)49-45/h1-28H. The maximum atomic E-state index is 5.13. The van der Waals surface area contributed by atoms with E-state index in [9.17, 15) is 0 Å². The molecule has 0 spiro atoms. The molecule has 2 aromatic heterocycles. The van der Waals surface area contributed by atoms with E-state index in [-0.39, 0.29) is 0 Å². The first-order valence-electron chi connectivity index (χ1n) is 16.6. The van der Waals surface area contributed by atoms with Gasteiger partial charge in [0.05, 0.1) is 11.4 Å². The highest BCUT2D eigenvalue weighted by molar-refractivity contribution is 7.25. The van der Waals surface area contributed by atoms with Crippen LogP contribution in [0.15, 0.2) is 170 Å². The minimum atomic E-state index is 0.723. The fourth-order valence-corrected chi connectivity index (χ4v) is 8.36. The normalized spacial score (nSPS) is 11.7. The Morgan fingerprint density at radius 3 is 1.49 bits per heavy atom. The van der Waals surface area contributed by atoms with Crippen molar-refractivity contribution in [2.75, 3.05) is 0 Å². The molecule has 10 rings (SSSR count). The van der Waals surface area contributed by atoms with Crippen LogP contribution >= 0.6 is 11.3 Å². The fourth-order valence-electron chi connectivity index (χ4n) is 7.27. The summed E-state index contributed by atoms with van der Waals surface area (Å²) in [5.74, 6) is 0.723. The van der Waals surface area contributed by atoms with Gasteiger partial charge in [0.1, 0.15) is 0 Å². The molecule has 0 aliphatic rings.